The van der Waals surface area contributed by atoms with Crippen LogP contribution in [0.25, 0.3) is 0 Å². The van der Waals surface area contributed by atoms with E-state index in [0.717, 1.165) is 37.4 Å². The molecule has 0 spiro atoms. The van der Waals surface area contributed by atoms with Crippen molar-refractivity contribution in [2.45, 2.75) is 64.2 Å². The first-order chi connectivity index (χ1) is 10.8. The van der Waals surface area contributed by atoms with E-state index in [2.05, 4.69) is 10.2 Å². The molecule has 4 heteroatoms. The summed E-state index contributed by atoms with van der Waals surface area (Å²) in [6.07, 6.45) is 13.0. The highest BCUT2D eigenvalue weighted by Crippen LogP contribution is 2.43. The molecule has 3 atom stereocenters. The molecule has 1 heterocycles. The quantitative estimate of drug-likeness (QED) is 0.841. The summed E-state index contributed by atoms with van der Waals surface area (Å²) in [6.45, 7) is 3.14. The number of rotatable bonds is 4. The van der Waals surface area contributed by atoms with E-state index < -0.39 is 0 Å². The smallest absolute Gasteiger partial charge is 0.225 e. The van der Waals surface area contributed by atoms with Gasteiger partial charge in [0.25, 0.3) is 0 Å². The summed E-state index contributed by atoms with van der Waals surface area (Å²) in [7, 11) is 2.03. The van der Waals surface area contributed by atoms with Crippen molar-refractivity contribution in [2.75, 3.05) is 26.7 Å². The van der Waals surface area contributed by atoms with E-state index in [1.165, 1.54) is 64.2 Å². The predicted molar refractivity (Wildman–Crippen MR) is 97.9 cm³/mol. The van der Waals surface area contributed by atoms with Crippen molar-refractivity contribution >= 4 is 18.3 Å². The molecule has 3 fully saturated rings. The van der Waals surface area contributed by atoms with Gasteiger partial charge in [0.15, 0.2) is 0 Å². The molecule has 3 unspecified atom stereocenters. The van der Waals surface area contributed by atoms with Crippen LogP contribution in [-0.2, 0) is 4.79 Å². The summed E-state index contributed by atoms with van der Waals surface area (Å²) in [6, 6.07) is 0. The molecular weight excluding hydrogens is 308 g/mol. The molecule has 0 radical (unpaired) electrons. The van der Waals surface area contributed by atoms with Crippen molar-refractivity contribution in [1.29, 1.82) is 0 Å². The third kappa shape index (κ3) is 4.85. The Hall–Kier alpha value is -0.280. The molecular formula is C19H35ClN2O. The van der Waals surface area contributed by atoms with Crippen LogP contribution in [0.4, 0.5) is 0 Å². The molecule has 3 rings (SSSR count). The number of carbonyl (C=O) groups excluding carboxylic acids is 1. The molecule has 2 saturated carbocycles. The lowest BCUT2D eigenvalue weighted by Gasteiger charge is -2.41. The third-order valence-electron chi connectivity index (χ3n) is 6.62. The van der Waals surface area contributed by atoms with Crippen molar-refractivity contribution in [2.24, 2.45) is 23.7 Å². The van der Waals surface area contributed by atoms with Crippen LogP contribution in [0.5, 0.6) is 0 Å². The fourth-order valence-electron chi connectivity index (χ4n) is 5.15. The molecule has 0 aromatic carbocycles. The molecule has 1 amide bonds. The number of nitrogens with one attached hydrogen (secondary N) is 1. The molecule has 3 aliphatic rings. The van der Waals surface area contributed by atoms with Gasteiger partial charge in [-0.05, 0) is 69.9 Å². The monoisotopic (exact) mass is 342 g/mol. The molecule has 1 saturated heterocycles. The lowest BCUT2D eigenvalue weighted by atomic mass is 9.67. The Morgan fingerprint density at radius 1 is 1.00 bits per heavy atom. The minimum absolute atomic E-state index is 0. The van der Waals surface area contributed by atoms with Crippen LogP contribution in [0.3, 0.4) is 0 Å². The van der Waals surface area contributed by atoms with Crippen LogP contribution in [0, 0.1) is 23.7 Å². The zero-order valence-electron chi connectivity index (χ0n) is 14.8. The average molecular weight is 343 g/mol. The Morgan fingerprint density at radius 2 is 1.70 bits per heavy atom. The lowest BCUT2D eigenvalue weighted by Crippen LogP contribution is -2.44. The molecule has 134 valence electrons. The maximum absolute atomic E-state index is 12.9. The van der Waals surface area contributed by atoms with E-state index in [-0.39, 0.29) is 12.4 Å². The molecule has 1 aliphatic heterocycles. The number of hydrogen-bond acceptors (Lipinski definition) is 2. The van der Waals surface area contributed by atoms with Crippen molar-refractivity contribution in [3.63, 3.8) is 0 Å². The second-order valence-electron chi connectivity index (χ2n) is 7.98. The highest BCUT2D eigenvalue weighted by atomic mass is 35.5. The highest BCUT2D eigenvalue weighted by molar-refractivity contribution is 5.85. The third-order valence-corrected chi connectivity index (χ3v) is 6.62. The summed E-state index contributed by atoms with van der Waals surface area (Å²) in [5, 5.41) is 3.25. The minimum Gasteiger partial charge on any atom is -0.342 e. The second kappa shape index (κ2) is 9.27. The van der Waals surface area contributed by atoms with Gasteiger partial charge in [-0.15, -0.1) is 12.4 Å². The summed E-state index contributed by atoms with van der Waals surface area (Å²) < 4.78 is 0. The average Bonchev–Trinajstić information content (AvgIpc) is 2.59. The second-order valence-corrected chi connectivity index (χ2v) is 7.98. The van der Waals surface area contributed by atoms with E-state index >= 15 is 0 Å². The van der Waals surface area contributed by atoms with E-state index in [4.69, 9.17) is 0 Å². The zero-order valence-corrected chi connectivity index (χ0v) is 15.6. The van der Waals surface area contributed by atoms with Crippen LogP contribution in [-0.4, -0.2) is 37.5 Å². The molecule has 3 nitrogen and oxygen atoms in total. The standard InChI is InChI=1S/C19H34N2O.ClH/c1-20-11-8-15-9-12-21(13-10-15)19(22)18-7-6-16-4-2-3-5-17(16)14-18;/h15-18,20H,2-14H2,1H3;1H. The van der Waals surface area contributed by atoms with Crippen molar-refractivity contribution in [3.05, 3.63) is 0 Å². The van der Waals surface area contributed by atoms with Gasteiger partial charge in [0.2, 0.25) is 5.91 Å². The summed E-state index contributed by atoms with van der Waals surface area (Å²) >= 11 is 0. The first-order valence-corrected chi connectivity index (χ1v) is 9.71. The van der Waals surface area contributed by atoms with Crippen molar-refractivity contribution < 1.29 is 4.79 Å². The van der Waals surface area contributed by atoms with E-state index in [1.807, 2.05) is 7.05 Å². The minimum atomic E-state index is 0. The van der Waals surface area contributed by atoms with Crippen LogP contribution in [0.2, 0.25) is 0 Å². The summed E-state index contributed by atoms with van der Waals surface area (Å²) in [5.41, 5.74) is 0. The van der Waals surface area contributed by atoms with Gasteiger partial charge < -0.3 is 10.2 Å². The van der Waals surface area contributed by atoms with Gasteiger partial charge in [-0.1, -0.05) is 25.7 Å². The van der Waals surface area contributed by atoms with Gasteiger partial charge in [0.05, 0.1) is 0 Å². The number of carbonyl (C=O) groups is 1. The number of fused-ring (bicyclic) bond motifs is 1. The molecule has 0 aromatic heterocycles. The van der Waals surface area contributed by atoms with Gasteiger partial charge >= 0.3 is 0 Å². The molecule has 2 aliphatic carbocycles. The van der Waals surface area contributed by atoms with Gasteiger partial charge in [-0.2, -0.15) is 0 Å². The fraction of sp³-hybridized carbons (Fsp3) is 0.947. The van der Waals surface area contributed by atoms with Crippen LogP contribution < -0.4 is 5.32 Å². The Morgan fingerprint density at radius 3 is 2.39 bits per heavy atom. The van der Waals surface area contributed by atoms with Crippen molar-refractivity contribution in [3.8, 4) is 0 Å². The maximum atomic E-state index is 12.9. The first-order valence-electron chi connectivity index (χ1n) is 9.71. The lowest BCUT2D eigenvalue weighted by molar-refractivity contribution is -0.139. The SMILES string of the molecule is CNCCC1CCN(C(=O)C2CCC3CCCCC3C2)CC1.Cl. The van der Waals surface area contributed by atoms with E-state index in [0.29, 0.717) is 11.8 Å². The first kappa shape index (κ1) is 19.1. The van der Waals surface area contributed by atoms with Crippen LogP contribution in [0.15, 0.2) is 0 Å². The largest absolute Gasteiger partial charge is 0.342 e. The number of hydrogen-bond donors (Lipinski definition) is 1. The number of piperidine rings is 1. The van der Waals surface area contributed by atoms with Gasteiger partial charge in [0, 0.05) is 19.0 Å². The van der Waals surface area contributed by atoms with Gasteiger partial charge in [-0.3, -0.25) is 4.79 Å². The molecule has 1 N–H and O–H groups in total. The van der Waals surface area contributed by atoms with Crippen molar-refractivity contribution in [1.82, 2.24) is 10.2 Å². The summed E-state index contributed by atoms with van der Waals surface area (Å²) in [4.78, 5) is 15.1. The maximum Gasteiger partial charge on any atom is 0.225 e. The number of likely N-dealkylation sites (tertiary alicyclic amines) is 1. The predicted octanol–water partition coefficient (Wildman–Crippen LogP) is 3.86. The summed E-state index contributed by atoms with van der Waals surface area (Å²) in [5.74, 6) is 3.49. The molecule has 0 bridgehead atoms. The topological polar surface area (TPSA) is 32.3 Å². The Labute approximate surface area is 148 Å². The van der Waals surface area contributed by atoms with E-state index in [9.17, 15) is 4.79 Å². The fourth-order valence-corrected chi connectivity index (χ4v) is 5.15. The van der Waals surface area contributed by atoms with Crippen LogP contribution in [0.1, 0.15) is 64.2 Å². The van der Waals surface area contributed by atoms with Crippen LogP contribution >= 0.6 is 12.4 Å². The number of halogens is 1. The van der Waals surface area contributed by atoms with Gasteiger partial charge in [0.1, 0.15) is 0 Å². The van der Waals surface area contributed by atoms with E-state index in [1.54, 1.807) is 0 Å². The van der Waals surface area contributed by atoms with Gasteiger partial charge in [-0.25, -0.2) is 0 Å². The highest BCUT2D eigenvalue weighted by Gasteiger charge is 2.37. The molecule has 23 heavy (non-hydrogen) atoms. The number of amides is 1. The Bertz CT molecular complexity index is 368. The molecule has 0 aromatic rings. The Kier molecular flexibility index (Phi) is 7.68. The zero-order chi connectivity index (χ0) is 15.4. The Balaban J connectivity index is 0.00000192. The normalized spacial score (nSPS) is 32.0. The number of nitrogens with zero attached hydrogens (tertiary/aromatic N) is 1.